The summed E-state index contributed by atoms with van der Waals surface area (Å²) in [5.74, 6) is -0.477. The number of carbonyl (C=O) groups is 1. The molecule has 0 unspecified atom stereocenters. The number of hydrogen-bond donors (Lipinski definition) is 4. The highest BCUT2D eigenvalue weighted by Crippen LogP contribution is 2.32. The van der Waals surface area contributed by atoms with Gasteiger partial charge in [-0.05, 0) is 24.3 Å². The SMILES string of the molecule is CC(=O)Nc1ccccc1-n1c(-c2ccc(O)cc2O)n[nH]c1=O. The van der Waals surface area contributed by atoms with Crippen molar-refractivity contribution in [2.45, 2.75) is 6.92 Å². The van der Waals surface area contributed by atoms with Crippen LogP contribution >= 0.6 is 0 Å². The molecule has 0 radical (unpaired) electrons. The fourth-order valence-corrected chi connectivity index (χ4v) is 2.37. The quantitative estimate of drug-likeness (QED) is 0.582. The van der Waals surface area contributed by atoms with Crippen LogP contribution in [0.3, 0.4) is 0 Å². The molecular formula is C16H14N4O4. The summed E-state index contributed by atoms with van der Waals surface area (Å²) in [5.41, 5.74) is 0.543. The van der Waals surface area contributed by atoms with Crippen molar-refractivity contribution >= 4 is 11.6 Å². The Labute approximate surface area is 136 Å². The first-order valence-electron chi connectivity index (χ1n) is 7.04. The van der Waals surface area contributed by atoms with E-state index < -0.39 is 5.69 Å². The van der Waals surface area contributed by atoms with Gasteiger partial charge in [-0.15, -0.1) is 0 Å². The van der Waals surface area contributed by atoms with E-state index in [0.29, 0.717) is 11.4 Å². The number of para-hydroxylation sites is 2. The smallest absolute Gasteiger partial charge is 0.348 e. The maximum atomic E-state index is 12.2. The summed E-state index contributed by atoms with van der Waals surface area (Å²) in [7, 11) is 0. The molecule has 0 spiro atoms. The van der Waals surface area contributed by atoms with Gasteiger partial charge in [0.15, 0.2) is 5.82 Å². The Hall–Kier alpha value is -3.55. The zero-order chi connectivity index (χ0) is 17.3. The van der Waals surface area contributed by atoms with Crippen LogP contribution in [0.1, 0.15) is 6.92 Å². The third-order valence-electron chi connectivity index (χ3n) is 3.35. The highest BCUT2D eigenvalue weighted by molar-refractivity contribution is 5.91. The second kappa shape index (κ2) is 5.92. The summed E-state index contributed by atoms with van der Waals surface area (Å²) in [4.78, 5) is 23.6. The number of amides is 1. The van der Waals surface area contributed by atoms with Gasteiger partial charge in [0.2, 0.25) is 5.91 Å². The van der Waals surface area contributed by atoms with Crippen molar-refractivity contribution in [2.24, 2.45) is 0 Å². The van der Waals surface area contributed by atoms with Crippen LogP contribution < -0.4 is 11.0 Å². The van der Waals surface area contributed by atoms with E-state index >= 15 is 0 Å². The minimum absolute atomic E-state index is 0.112. The van der Waals surface area contributed by atoms with E-state index in [1.165, 1.54) is 23.6 Å². The Kier molecular flexibility index (Phi) is 3.78. The molecule has 0 aliphatic carbocycles. The molecule has 8 heteroatoms. The Balaban J connectivity index is 2.23. The molecule has 0 bridgehead atoms. The summed E-state index contributed by atoms with van der Waals surface area (Å²) >= 11 is 0. The van der Waals surface area contributed by atoms with Gasteiger partial charge in [0.1, 0.15) is 11.5 Å². The van der Waals surface area contributed by atoms with E-state index in [1.807, 2.05) is 0 Å². The monoisotopic (exact) mass is 326 g/mol. The standard InChI is InChI=1S/C16H14N4O4/c1-9(21)17-12-4-2-3-5-13(12)20-15(18-19-16(20)24)11-7-6-10(22)8-14(11)23/h2-8,22-23H,1H3,(H,17,21)(H,19,24). The zero-order valence-corrected chi connectivity index (χ0v) is 12.6. The van der Waals surface area contributed by atoms with Crippen LogP contribution in [0.25, 0.3) is 17.1 Å². The number of aromatic hydroxyl groups is 2. The van der Waals surface area contributed by atoms with Crippen molar-refractivity contribution < 1.29 is 15.0 Å². The molecule has 0 fully saturated rings. The summed E-state index contributed by atoms with van der Waals surface area (Å²) in [6.45, 7) is 1.36. The number of nitrogens with zero attached hydrogens (tertiary/aromatic N) is 2. The molecule has 122 valence electrons. The van der Waals surface area contributed by atoms with E-state index in [9.17, 15) is 19.8 Å². The van der Waals surface area contributed by atoms with Gasteiger partial charge in [-0.2, -0.15) is 5.10 Å². The van der Waals surface area contributed by atoms with Crippen LogP contribution in [0.15, 0.2) is 47.3 Å². The second-order valence-electron chi connectivity index (χ2n) is 5.09. The molecule has 4 N–H and O–H groups in total. The molecule has 0 aliphatic rings. The topological polar surface area (TPSA) is 120 Å². The molecule has 0 aliphatic heterocycles. The van der Waals surface area contributed by atoms with Gasteiger partial charge >= 0.3 is 5.69 Å². The van der Waals surface area contributed by atoms with E-state index in [2.05, 4.69) is 15.5 Å². The highest BCUT2D eigenvalue weighted by atomic mass is 16.3. The average Bonchev–Trinajstić information content (AvgIpc) is 2.89. The van der Waals surface area contributed by atoms with Gasteiger partial charge in [0, 0.05) is 13.0 Å². The molecule has 1 heterocycles. The molecule has 3 aromatic rings. The summed E-state index contributed by atoms with van der Waals surface area (Å²) in [6, 6.07) is 10.7. The van der Waals surface area contributed by atoms with Gasteiger partial charge in [-0.1, -0.05) is 12.1 Å². The normalized spacial score (nSPS) is 10.5. The molecule has 3 rings (SSSR count). The molecular weight excluding hydrogens is 312 g/mol. The Morgan fingerprint density at radius 2 is 1.96 bits per heavy atom. The Morgan fingerprint density at radius 3 is 2.67 bits per heavy atom. The number of aromatic amines is 1. The predicted molar refractivity (Wildman–Crippen MR) is 87.3 cm³/mol. The van der Waals surface area contributed by atoms with Gasteiger partial charge < -0.3 is 15.5 Å². The van der Waals surface area contributed by atoms with Crippen LogP contribution in [0.2, 0.25) is 0 Å². The number of anilines is 1. The van der Waals surface area contributed by atoms with Crippen LogP contribution in [-0.4, -0.2) is 30.9 Å². The van der Waals surface area contributed by atoms with Crippen LogP contribution in [0, 0.1) is 0 Å². The first-order valence-corrected chi connectivity index (χ1v) is 7.04. The third-order valence-corrected chi connectivity index (χ3v) is 3.35. The number of H-pyrrole nitrogens is 1. The van der Waals surface area contributed by atoms with Crippen molar-refractivity contribution in [3.05, 3.63) is 52.9 Å². The number of carbonyl (C=O) groups excluding carboxylic acids is 1. The lowest BCUT2D eigenvalue weighted by molar-refractivity contribution is -0.114. The van der Waals surface area contributed by atoms with Crippen molar-refractivity contribution in [2.75, 3.05) is 5.32 Å². The number of benzene rings is 2. The van der Waals surface area contributed by atoms with E-state index in [1.54, 1.807) is 24.3 Å². The van der Waals surface area contributed by atoms with Crippen LogP contribution in [0.5, 0.6) is 11.5 Å². The van der Waals surface area contributed by atoms with Crippen molar-refractivity contribution in [1.82, 2.24) is 14.8 Å². The minimum Gasteiger partial charge on any atom is -0.508 e. The predicted octanol–water partition coefficient (Wildman–Crippen LogP) is 1.60. The van der Waals surface area contributed by atoms with Crippen molar-refractivity contribution in [3.8, 4) is 28.6 Å². The van der Waals surface area contributed by atoms with Gasteiger partial charge in [0.05, 0.1) is 16.9 Å². The lowest BCUT2D eigenvalue weighted by Gasteiger charge is -2.12. The number of hydrogen-bond acceptors (Lipinski definition) is 5. The van der Waals surface area contributed by atoms with Crippen molar-refractivity contribution in [3.63, 3.8) is 0 Å². The maximum absolute atomic E-state index is 12.2. The molecule has 1 amide bonds. The van der Waals surface area contributed by atoms with Gasteiger partial charge in [0.25, 0.3) is 0 Å². The Bertz CT molecular complexity index is 974. The maximum Gasteiger partial charge on any atom is 0.348 e. The zero-order valence-electron chi connectivity index (χ0n) is 12.6. The van der Waals surface area contributed by atoms with Gasteiger partial charge in [-0.25, -0.2) is 14.5 Å². The molecule has 24 heavy (non-hydrogen) atoms. The second-order valence-corrected chi connectivity index (χ2v) is 5.09. The van der Waals surface area contributed by atoms with E-state index in [-0.39, 0.29) is 28.8 Å². The molecule has 2 aromatic carbocycles. The van der Waals surface area contributed by atoms with Crippen LogP contribution in [0.4, 0.5) is 5.69 Å². The first-order chi connectivity index (χ1) is 11.5. The van der Waals surface area contributed by atoms with Crippen LogP contribution in [-0.2, 0) is 4.79 Å². The van der Waals surface area contributed by atoms with Crippen molar-refractivity contribution in [1.29, 1.82) is 0 Å². The molecule has 0 saturated heterocycles. The number of aromatic nitrogens is 3. The number of phenols is 2. The fourth-order valence-electron chi connectivity index (χ4n) is 2.37. The highest BCUT2D eigenvalue weighted by Gasteiger charge is 2.18. The summed E-state index contributed by atoms with van der Waals surface area (Å²) in [5, 5.41) is 28.4. The van der Waals surface area contributed by atoms with E-state index in [4.69, 9.17) is 0 Å². The number of nitrogens with one attached hydrogen (secondary N) is 2. The lowest BCUT2D eigenvalue weighted by Crippen LogP contribution is -2.18. The third kappa shape index (κ3) is 2.72. The summed E-state index contributed by atoms with van der Waals surface area (Å²) < 4.78 is 1.23. The number of rotatable bonds is 3. The minimum atomic E-state index is -0.532. The summed E-state index contributed by atoms with van der Waals surface area (Å²) in [6.07, 6.45) is 0. The Morgan fingerprint density at radius 1 is 1.21 bits per heavy atom. The number of phenolic OH excluding ortho intramolecular Hbond substituents is 2. The molecule has 1 aromatic heterocycles. The molecule has 8 nitrogen and oxygen atoms in total. The lowest BCUT2D eigenvalue weighted by atomic mass is 10.1. The van der Waals surface area contributed by atoms with E-state index in [0.717, 1.165) is 6.07 Å². The fraction of sp³-hybridized carbons (Fsp3) is 0.0625. The average molecular weight is 326 g/mol. The first kappa shape index (κ1) is 15.3. The largest absolute Gasteiger partial charge is 0.508 e. The molecule has 0 saturated carbocycles. The van der Waals surface area contributed by atoms with Gasteiger partial charge in [-0.3, -0.25) is 4.79 Å². The molecule has 0 atom stereocenters.